The number of likely N-dealkylation sites (N-methyl/N-ethyl adjacent to an activating group) is 1. The first kappa shape index (κ1) is 15.8. The van der Waals surface area contributed by atoms with Crippen molar-refractivity contribution < 1.29 is 9.47 Å². The highest BCUT2D eigenvalue weighted by atomic mass is 16.7. The lowest BCUT2D eigenvalue weighted by Gasteiger charge is -2.49. The molecule has 0 radical (unpaired) electrons. The summed E-state index contributed by atoms with van der Waals surface area (Å²) in [5.41, 5.74) is 5.64. The van der Waals surface area contributed by atoms with Gasteiger partial charge in [-0.25, -0.2) is 0 Å². The van der Waals surface area contributed by atoms with Crippen LogP contribution >= 0.6 is 0 Å². The van der Waals surface area contributed by atoms with Crippen molar-refractivity contribution in [2.75, 3.05) is 27.8 Å². The van der Waals surface area contributed by atoms with Crippen LogP contribution in [0.3, 0.4) is 0 Å². The topological polar surface area (TPSA) is 47.7 Å². The molecule has 2 N–H and O–H groups in total. The third kappa shape index (κ3) is 2.94. The van der Waals surface area contributed by atoms with E-state index in [1.807, 2.05) is 0 Å². The molecule has 0 aromatic heterocycles. The van der Waals surface area contributed by atoms with Crippen LogP contribution in [0.5, 0.6) is 0 Å². The Labute approximate surface area is 100 Å². The lowest BCUT2D eigenvalue weighted by molar-refractivity contribution is -0.191. The summed E-state index contributed by atoms with van der Waals surface area (Å²) in [6, 6.07) is 0. The van der Waals surface area contributed by atoms with Gasteiger partial charge in [-0.2, -0.15) is 0 Å². The smallest absolute Gasteiger partial charge is 0.176 e. The molecule has 0 fully saturated rings. The minimum atomic E-state index is -0.330. The number of nitrogens with zero attached hydrogens (tertiary/aromatic N) is 1. The molecule has 0 bridgehead atoms. The average molecular weight is 232 g/mol. The first-order valence-electron chi connectivity index (χ1n) is 5.79. The third-order valence-corrected chi connectivity index (χ3v) is 3.89. The van der Waals surface area contributed by atoms with Gasteiger partial charge in [-0.15, -0.1) is 0 Å². The van der Waals surface area contributed by atoms with Crippen molar-refractivity contribution in [1.29, 1.82) is 0 Å². The normalized spacial score (nSPS) is 16.9. The summed E-state index contributed by atoms with van der Waals surface area (Å²) in [6.45, 7) is 9.12. The van der Waals surface area contributed by atoms with Gasteiger partial charge in [0.2, 0.25) is 0 Å². The molecule has 0 amide bonds. The van der Waals surface area contributed by atoms with Crippen LogP contribution in [0.1, 0.15) is 34.1 Å². The number of hydrogen-bond acceptors (Lipinski definition) is 4. The Morgan fingerprint density at radius 3 is 1.88 bits per heavy atom. The molecule has 98 valence electrons. The quantitative estimate of drug-likeness (QED) is 0.675. The molecule has 0 aromatic rings. The molecule has 0 aliphatic carbocycles. The predicted molar refractivity (Wildman–Crippen MR) is 67.4 cm³/mol. The largest absolute Gasteiger partial charge is 0.354 e. The van der Waals surface area contributed by atoms with E-state index in [2.05, 4.69) is 39.6 Å². The molecule has 1 unspecified atom stereocenters. The van der Waals surface area contributed by atoms with E-state index in [1.54, 1.807) is 14.2 Å². The number of ether oxygens (including phenoxy) is 2. The molecule has 4 heteroatoms. The van der Waals surface area contributed by atoms with E-state index in [4.69, 9.17) is 15.2 Å². The maximum absolute atomic E-state index is 5.91. The van der Waals surface area contributed by atoms with Crippen LogP contribution < -0.4 is 5.73 Å². The second kappa shape index (κ2) is 5.96. The molecular weight excluding hydrogens is 204 g/mol. The fourth-order valence-electron chi connectivity index (χ4n) is 1.92. The minimum Gasteiger partial charge on any atom is -0.354 e. The van der Waals surface area contributed by atoms with Gasteiger partial charge in [0, 0.05) is 26.3 Å². The predicted octanol–water partition coefficient (Wildman–Crippen LogP) is 1.44. The molecule has 0 aromatic carbocycles. The molecule has 1 atom stereocenters. The highest BCUT2D eigenvalue weighted by molar-refractivity contribution is 4.96. The van der Waals surface area contributed by atoms with Gasteiger partial charge in [-0.1, -0.05) is 6.92 Å². The number of rotatable bonds is 7. The SMILES string of the molecule is CCC(C)(C)N(C)C(C)(CN)C(OC)OC. The zero-order chi connectivity index (χ0) is 13.0. The second-order valence-corrected chi connectivity index (χ2v) is 5.09. The first-order chi connectivity index (χ1) is 7.30. The molecule has 0 heterocycles. The lowest BCUT2D eigenvalue weighted by Crippen LogP contribution is -2.64. The third-order valence-electron chi connectivity index (χ3n) is 3.89. The summed E-state index contributed by atoms with van der Waals surface area (Å²) in [4.78, 5) is 2.25. The maximum atomic E-state index is 5.91. The van der Waals surface area contributed by atoms with Gasteiger partial charge in [0.25, 0.3) is 0 Å². The van der Waals surface area contributed by atoms with E-state index >= 15 is 0 Å². The van der Waals surface area contributed by atoms with Crippen molar-refractivity contribution in [2.45, 2.75) is 51.5 Å². The Bertz CT molecular complexity index is 205. The Balaban J connectivity index is 5.08. The summed E-state index contributed by atoms with van der Waals surface area (Å²) >= 11 is 0. The molecule has 0 spiro atoms. The summed E-state index contributed by atoms with van der Waals surface area (Å²) in [7, 11) is 5.37. The van der Waals surface area contributed by atoms with Crippen LogP contribution in [0.15, 0.2) is 0 Å². The average Bonchev–Trinajstić information content (AvgIpc) is 2.29. The van der Waals surface area contributed by atoms with Gasteiger partial charge in [0.1, 0.15) is 0 Å². The molecular formula is C12H28N2O2. The van der Waals surface area contributed by atoms with Crippen LogP contribution in [0.4, 0.5) is 0 Å². The molecule has 0 saturated carbocycles. The van der Waals surface area contributed by atoms with Gasteiger partial charge in [-0.05, 0) is 34.2 Å². The lowest BCUT2D eigenvalue weighted by atomic mass is 9.90. The molecule has 0 aliphatic rings. The van der Waals surface area contributed by atoms with Gasteiger partial charge in [0.05, 0.1) is 5.54 Å². The molecule has 0 aliphatic heterocycles. The fourth-order valence-corrected chi connectivity index (χ4v) is 1.92. The van der Waals surface area contributed by atoms with Crippen LogP contribution in [0, 0.1) is 0 Å². The molecule has 16 heavy (non-hydrogen) atoms. The fraction of sp³-hybridized carbons (Fsp3) is 1.00. The van der Waals surface area contributed by atoms with Gasteiger partial charge in [-0.3, -0.25) is 4.90 Å². The van der Waals surface area contributed by atoms with E-state index in [-0.39, 0.29) is 17.4 Å². The summed E-state index contributed by atoms with van der Waals surface area (Å²) < 4.78 is 10.7. The second-order valence-electron chi connectivity index (χ2n) is 5.09. The minimum absolute atomic E-state index is 0.0590. The Kier molecular flexibility index (Phi) is 5.90. The standard InChI is InChI=1S/C12H28N2O2/c1-8-11(2,3)14(5)12(4,9-13)10(15-6)16-7/h10H,8-9,13H2,1-7H3. The summed E-state index contributed by atoms with van der Waals surface area (Å²) in [5, 5.41) is 0. The van der Waals surface area contributed by atoms with Crippen LogP contribution in [-0.2, 0) is 9.47 Å². The maximum Gasteiger partial charge on any atom is 0.176 e. The van der Waals surface area contributed by atoms with Crippen molar-refractivity contribution in [2.24, 2.45) is 5.73 Å². The van der Waals surface area contributed by atoms with Crippen LogP contribution in [0.25, 0.3) is 0 Å². The zero-order valence-electron chi connectivity index (χ0n) is 11.8. The van der Waals surface area contributed by atoms with Crippen molar-refractivity contribution >= 4 is 0 Å². The Morgan fingerprint density at radius 2 is 1.62 bits per heavy atom. The molecule has 0 rings (SSSR count). The van der Waals surface area contributed by atoms with Gasteiger partial charge in [0.15, 0.2) is 6.29 Å². The monoisotopic (exact) mass is 232 g/mol. The van der Waals surface area contributed by atoms with Gasteiger partial charge < -0.3 is 15.2 Å². The first-order valence-corrected chi connectivity index (χ1v) is 5.79. The highest BCUT2D eigenvalue weighted by Gasteiger charge is 2.43. The molecule has 4 nitrogen and oxygen atoms in total. The van der Waals surface area contributed by atoms with Crippen molar-refractivity contribution in [3.63, 3.8) is 0 Å². The molecule has 0 saturated heterocycles. The van der Waals surface area contributed by atoms with E-state index < -0.39 is 0 Å². The van der Waals surface area contributed by atoms with E-state index in [0.717, 1.165) is 6.42 Å². The van der Waals surface area contributed by atoms with Crippen LogP contribution in [0.2, 0.25) is 0 Å². The number of hydrogen-bond donors (Lipinski definition) is 1. The zero-order valence-corrected chi connectivity index (χ0v) is 11.8. The van der Waals surface area contributed by atoms with E-state index in [9.17, 15) is 0 Å². The number of nitrogens with two attached hydrogens (primary N) is 1. The Hall–Kier alpha value is -0.160. The van der Waals surface area contributed by atoms with E-state index in [0.29, 0.717) is 6.54 Å². The van der Waals surface area contributed by atoms with Crippen LogP contribution in [-0.4, -0.2) is 50.1 Å². The van der Waals surface area contributed by atoms with E-state index in [1.165, 1.54) is 0 Å². The van der Waals surface area contributed by atoms with Gasteiger partial charge >= 0.3 is 0 Å². The Morgan fingerprint density at radius 1 is 1.19 bits per heavy atom. The highest BCUT2D eigenvalue weighted by Crippen LogP contribution is 2.29. The van der Waals surface area contributed by atoms with Crippen molar-refractivity contribution in [1.82, 2.24) is 4.90 Å². The number of methoxy groups -OCH3 is 2. The summed E-state index contributed by atoms with van der Waals surface area (Å²) in [5.74, 6) is 0. The van der Waals surface area contributed by atoms with Crippen molar-refractivity contribution in [3.05, 3.63) is 0 Å². The van der Waals surface area contributed by atoms with Crippen molar-refractivity contribution in [3.8, 4) is 0 Å². The summed E-state index contributed by atoms with van der Waals surface area (Å²) in [6.07, 6.45) is 0.715.